The van der Waals surface area contributed by atoms with Crippen molar-refractivity contribution in [3.63, 3.8) is 0 Å². The van der Waals surface area contributed by atoms with Crippen molar-refractivity contribution in [2.24, 2.45) is 4.99 Å². The monoisotopic (exact) mass is 471 g/mol. The summed E-state index contributed by atoms with van der Waals surface area (Å²) < 4.78 is 13.0. The van der Waals surface area contributed by atoms with Crippen LogP contribution in [0.1, 0.15) is 11.3 Å². The van der Waals surface area contributed by atoms with Crippen molar-refractivity contribution in [1.29, 1.82) is 0 Å². The highest BCUT2D eigenvalue weighted by Crippen LogP contribution is 2.26. The lowest BCUT2D eigenvalue weighted by molar-refractivity contribution is -0.129. The number of nitrogens with zero attached hydrogens (tertiary/aromatic N) is 1. The fourth-order valence-electron chi connectivity index (χ4n) is 2.49. The molecule has 0 atom stereocenters. The number of ether oxygens (including phenoxy) is 1. The van der Waals surface area contributed by atoms with E-state index in [2.05, 4.69) is 36.9 Å². The third-order valence-electron chi connectivity index (χ3n) is 3.73. The van der Waals surface area contributed by atoms with E-state index in [9.17, 15) is 4.79 Å². The molecule has 0 saturated carbocycles. The quantitative estimate of drug-likeness (QED) is 0.356. The zero-order valence-corrected chi connectivity index (χ0v) is 16.5. The second kappa shape index (κ2) is 7.05. The fraction of sp³-hybridized carbons (Fsp3) is 0. The highest BCUT2D eigenvalue weighted by atomic mass is 79.9. The molecular weight excluding hydrogens is 462 g/mol. The van der Waals surface area contributed by atoms with Gasteiger partial charge in [-0.15, -0.1) is 0 Å². The summed E-state index contributed by atoms with van der Waals surface area (Å²) >= 11 is 6.80. The summed E-state index contributed by atoms with van der Waals surface area (Å²) in [7, 11) is 0. The minimum Gasteiger partial charge on any atom is -0.457 e. The molecule has 0 fully saturated rings. The molecule has 128 valence electrons. The lowest BCUT2D eigenvalue weighted by Crippen LogP contribution is -2.05. The van der Waals surface area contributed by atoms with Crippen LogP contribution >= 0.6 is 31.9 Å². The van der Waals surface area contributed by atoms with Gasteiger partial charge in [-0.25, -0.2) is 9.79 Å². The van der Waals surface area contributed by atoms with Gasteiger partial charge in [0.1, 0.15) is 11.5 Å². The number of benzene rings is 2. The number of esters is 1. The predicted molar refractivity (Wildman–Crippen MR) is 107 cm³/mol. The van der Waals surface area contributed by atoms with Crippen molar-refractivity contribution in [3.8, 4) is 11.3 Å². The topological polar surface area (TPSA) is 51.8 Å². The standard InChI is InChI=1S/C20H11Br2NO3/c21-14-6-4-12(5-7-14)18-9-8-16(25-18)11-17-20(24)26-19(23-17)13-2-1-3-15(22)10-13/h1-11H/b17-11-. The van der Waals surface area contributed by atoms with Gasteiger partial charge in [-0.1, -0.05) is 50.1 Å². The van der Waals surface area contributed by atoms with Crippen LogP contribution < -0.4 is 0 Å². The summed E-state index contributed by atoms with van der Waals surface area (Å²) in [4.78, 5) is 16.4. The highest BCUT2D eigenvalue weighted by Gasteiger charge is 2.24. The minimum absolute atomic E-state index is 0.205. The summed E-state index contributed by atoms with van der Waals surface area (Å²) in [6.45, 7) is 0. The molecule has 4 nitrogen and oxygen atoms in total. The van der Waals surface area contributed by atoms with Gasteiger partial charge in [0, 0.05) is 26.1 Å². The first-order chi connectivity index (χ1) is 12.6. The number of rotatable bonds is 3. The van der Waals surface area contributed by atoms with E-state index in [1.165, 1.54) is 0 Å². The Balaban J connectivity index is 1.62. The van der Waals surface area contributed by atoms with Gasteiger partial charge in [0.25, 0.3) is 0 Å². The smallest absolute Gasteiger partial charge is 0.363 e. The van der Waals surface area contributed by atoms with E-state index >= 15 is 0 Å². The van der Waals surface area contributed by atoms with E-state index in [1.54, 1.807) is 12.1 Å². The Bertz CT molecular complexity index is 1050. The number of aliphatic imine (C=N–C) groups is 1. The van der Waals surface area contributed by atoms with Gasteiger partial charge in [0.2, 0.25) is 5.90 Å². The average Bonchev–Trinajstić information content (AvgIpc) is 3.23. The number of cyclic esters (lactones) is 1. The normalized spacial score (nSPS) is 15.2. The van der Waals surface area contributed by atoms with Gasteiger partial charge in [0.05, 0.1) is 0 Å². The van der Waals surface area contributed by atoms with E-state index < -0.39 is 5.97 Å². The van der Waals surface area contributed by atoms with E-state index in [-0.39, 0.29) is 11.6 Å². The van der Waals surface area contributed by atoms with E-state index in [0.717, 1.165) is 20.1 Å². The number of hydrogen-bond donors (Lipinski definition) is 0. The molecule has 0 amide bonds. The van der Waals surface area contributed by atoms with Crippen molar-refractivity contribution >= 4 is 49.8 Å². The molecule has 0 spiro atoms. The van der Waals surface area contributed by atoms with Crippen LogP contribution in [-0.4, -0.2) is 11.9 Å². The third kappa shape index (κ3) is 3.57. The van der Waals surface area contributed by atoms with Crippen molar-refractivity contribution < 1.29 is 13.9 Å². The number of carbonyl (C=O) groups is 1. The molecule has 26 heavy (non-hydrogen) atoms. The Hall–Kier alpha value is -2.44. The largest absolute Gasteiger partial charge is 0.457 e. The van der Waals surface area contributed by atoms with Gasteiger partial charge in [-0.05, 0) is 42.5 Å². The molecule has 2 heterocycles. The maximum Gasteiger partial charge on any atom is 0.363 e. The fourth-order valence-corrected chi connectivity index (χ4v) is 3.15. The summed E-state index contributed by atoms with van der Waals surface area (Å²) in [5.74, 6) is 1.03. The molecule has 0 unspecified atom stereocenters. The molecule has 1 aromatic heterocycles. The second-order valence-corrected chi connectivity index (χ2v) is 7.39. The Kier molecular flexibility index (Phi) is 4.61. The Labute approximate surface area is 166 Å². The van der Waals surface area contributed by atoms with Gasteiger partial charge in [-0.3, -0.25) is 0 Å². The molecule has 4 rings (SSSR count). The van der Waals surface area contributed by atoms with Crippen LogP contribution in [0.4, 0.5) is 0 Å². The van der Waals surface area contributed by atoms with E-state index in [1.807, 2.05) is 54.6 Å². The molecule has 0 N–H and O–H groups in total. The van der Waals surface area contributed by atoms with E-state index in [0.29, 0.717) is 11.5 Å². The van der Waals surface area contributed by atoms with Crippen LogP contribution in [0.15, 0.2) is 84.7 Å². The first-order valence-electron chi connectivity index (χ1n) is 7.73. The Morgan fingerprint density at radius 2 is 1.69 bits per heavy atom. The first-order valence-corrected chi connectivity index (χ1v) is 9.31. The zero-order valence-electron chi connectivity index (χ0n) is 13.3. The molecule has 0 radical (unpaired) electrons. The lowest BCUT2D eigenvalue weighted by Gasteiger charge is -1.99. The molecule has 1 aliphatic rings. The molecule has 3 aromatic rings. The van der Waals surface area contributed by atoms with Crippen LogP contribution in [0.5, 0.6) is 0 Å². The van der Waals surface area contributed by atoms with Gasteiger partial charge in [0.15, 0.2) is 5.70 Å². The molecular formula is C20H11Br2NO3. The summed E-state index contributed by atoms with van der Waals surface area (Å²) in [5.41, 5.74) is 1.88. The second-order valence-electron chi connectivity index (χ2n) is 5.56. The van der Waals surface area contributed by atoms with Crippen molar-refractivity contribution in [3.05, 3.63) is 86.6 Å². The van der Waals surface area contributed by atoms with Crippen molar-refractivity contribution in [2.45, 2.75) is 0 Å². The number of hydrogen-bond acceptors (Lipinski definition) is 4. The average molecular weight is 473 g/mol. The van der Waals surface area contributed by atoms with Crippen molar-refractivity contribution in [2.75, 3.05) is 0 Å². The van der Waals surface area contributed by atoms with Crippen LogP contribution in [-0.2, 0) is 9.53 Å². The molecule has 0 aliphatic carbocycles. The summed E-state index contributed by atoms with van der Waals surface area (Å²) in [6, 6.07) is 18.9. The Morgan fingerprint density at radius 1 is 0.885 bits per heavy atom. The van der Waals surface area contributed by atoms with Crippen molar-refractivity contribution in [1.82, 2.24) is 0 Å². The summed E-state index contributed by atoms with van der Waals surface area (Å²) in [6.07, 6.45) is 1.58. The van der Waals surface area contributed by atoms with Gasteiger partial charge >= 0.3 is 5.97 Å². The molecule has 1 aliphatic heterocycles. The van der Waals surface area contributed by atoms with Gasteiger partial charge < -0.3 is 9.15 Å². The number of halogens is 2. The summed E-state index contributed by atoms with van der Waals surface area (Å²) in [5, 5.41) is 0. The maximum absolute atomic E-state index is 12.1. The molecule has 0 saturated heterocycles. The maximum atomic E-state index is 12.1. The number of carbonyl (C=O) groups excluding carboxylic acids is 1. The van der Waals surface area contributed by atoms with Gasteiger partial charge in [-0.2, -0.15) is 0 Å². The molecule has 2 aromatic carbocycles. The number of furan rings is 1. The van der Waals surface area contributed by atoms with Crippen LogP contribution in [0.25, 0.3) is 17.4 Å². The SMILES string of the molecule is O=C1OC(c2cccc(Br)c2)=N/C1=C\c1ccc(-c2ccc(Br)cc2)o1. The highest BCUT2D eigenvalue weighted by molar-refractivity contribution is 9.10. The zero-order chi connectivity index (χ0) is 18.1. The van der Waals surface area contributed by atoms with Crippen LogP contribution in [0, 0.1) is 0 Å². The van der Waals surface area contributed by atoms with Crippen LogP contribution in [0.2, 0.25) is 0 Å². The first kappa shape index (κ1) is 17.0. The van der Waals surface area contributed by atoms with Crippen LogP contribution in [0.3, 0.4) is 0 Å². The van der Waals surface area contributed by atoms with E-state index in [4.69, 9.17) is 9.15 Å². The minimum atomic E-state index is -0.499. The lowest BCUT2D eigenvalue weighted by atomic mass is 10.2. The Morgan fingerprint density at radius 3 is 2.46 bits per heavy atom. The molecule has 0 bridgehead atoms. The molecule has 6 heteroatoms. The third-order valence-corrected chi connectivity index (χ3v) is 4.75. The predicted octanol–water partition coefficient (Wildman–Crippen LogP) is 5.82.